The number of methoxy groups -OCH3 is 1. The number of carbonyl (C=O) groups excluding carboxylic acids is 1. The molecule has 1 N–H and O–H groups in total. The fraction of sp³-hybridized carbons (Fsp3) is 0.750. The van der Waals surface area contributed by atoms with Gasteiger partial charge < -0.3 is 10.1 Å². The van der Waals surface area contributed by atoms with Crippen molar-refractivity contribution in [1.82, 2.24) is 15.1 Å². The lowest BCUT2D eigenvalue weighted by Gasteiger charge is -2.12. The summed E-state index contributed by atoms with van der Waals surface area (Å²) in [7, 11) is 1.45. The number of carbonyl (C=O) groups is 1. The van der Waals surface area contributed by atoms with E-state index in [1.54, 1.807) is 11.3 Å². The number of esters is 1. The lowest BCUT2D eigenvalue weighted by Crippen LogP contribution is -2.23. The predicted molar refractivity (Wildman–Crippen MR) is 74.1 cm³/mol. The van der Waals surface area contributed by atoms with Gasteiger partial charge in [0.05, 0.1) is 19.6 Å². The lowest BCUT2D eigenvalue weighted by atomic mass is 10.1. The van der Waals surface area contributed by atoms with Gasteiger partial charge in [-0.05, 0) is 19.4 Å². The molecule has 6 nitrogen and oxygen atoms in total. The number of aromatic nitrogens is 2. The highest BCUT2D eigenvalue weighted by Crippen LogP contribution is 2.22. The Bertz CT molecular complexity index is 424. The summed E-state index contributed by atoms with van der Waals surface area (Å²) >= 11 is 1.58. The van der Waals surface area contributed by atoms with Crippen LogP contribution in [0.2, 0.25) is 0 Å². The Balaban J connectivity index is 1.82. The van der Waals surface area contributed by atoms with Crippen molar-refractivity contribution >= 4 is 22.4 Å². The van der Waals surface area contributed by atoms with Gasteiger partial charge in [-0.1, -0.05) is 18.3 Å². The molecule has 1 atom stereocenters. The van der Waals surface area contributed by atoms with Crippen LogP contribution < -0.4 is 5.32 Å². The first kappa shape index (κ1) is 14.2. The fourth-order valence-corrected chi connectivity index (χ4v) is 2.96. The van der Waals surface area contributed by atoms with Gasteiger partial charge in [-0.15, -0.1) is 10.2 Å². The van der Waals surface area contributed by atoms with Gasteiger partial charge in [-0.3, -0.25) is 9.69 Å². The van der Waals surface area contributed by atoms with Crippen molar-refractivity contribution in [3.8, 4) is 0 Å². The van der Waals surface area contributed by atoms with Crippen molar-refractivity contribution in [3.63, 3.8) is 0 Å². The Labute approximate surface area is 117 Å². The van der Waals surface area contributed by atoms with E-state index in [0.29, 0.717) is 0 Å². The number of hydrogen-bond acceptors (Lipinski definition) is 7. The van der Waals surface area contributed by atoms with Gasteiger partial charge in [0.25, 0.3) is 0 Å². The SMILES string of the molecule is CCCNc1nnc(CN2CCC(C(=O)OC)C2)s1. The molecule has 2 rings (SSSR count). The third-order valence-electron chi connectivity index (χ3n) is 3.16. The van der Waals surface area contributed by atoms with E-state index in [1.807, 2.05) is 0 Å². The molecule has 7 heteroatoms. The van der Waals surface area contributed by atoms with Crippen LogP contribution in [0, 0.1) is 5.92 Å². The molecule has 2 heterocycles. The molecule has 0 aromatic carbocycles. The van der Waals surface area contributed by atoms with Crippen LogP contribution in [-0.2, 0) is 16.1 Å². The smallest absolute Gasteiger partial charge is 0.310 e. The Hall–Kier alpha value is -1.21. The van der Waals surface area contributed by atoms with Gasteiger partial charge in [-0.2, -0.15) is 0 Å². The summed E-state index contributed by atoms with van der Waals surface area (Å²) in [5, 5.41) is 13.4. The van der Waals surface area contributed by atoms with Crippen LogP contribution in [0.3, 0.4) is 0 Å². The van der Waals surface area contributed by atoms with E-state index in [-0.39, 0.29) is 11.9 Å². The van der Waals surface area contributed by atoms with E-state index >= 15 is 0 Å². The number of nitrogens with zero attached hydrogens (tertiary/aromatic N) is 3. The Morgan fingerprint density at radius 3 is 3.16 bits per heavy atom. The van der Waals surface area contributed by atoms with Crippen molar-refractivity contribution in [2.45, 2.75) is 26.3 Å². The molecule has 1 aromatic heterocycles. The molecule has 0 saturated carbocycles. The van der Waals surface area contributed by atoms with Gasteiger partial charge in [0.2, 0.25) is 5.13 Å². The van der Waals surface area contributed by atoms with Gasteiger partial charge in [0.1, 0.15) is 5.01 Å². The minimum absolute atomic E-state index is 0.00982. The number of ether oxygens (including phenoxy) is 1. The zero-order chi connectivity index (χ0) is 13.7. The number of anilines is 1. The second-order valence-electron chi connectivity index (χ2n) is 4.67. The average molecular weight is 284 g/mol. The van der Waals surface area contributed by atoms with E-state index in [2.05, 4.69) is 27.3 Å². The molecule has 1 aliphatic heterocycles. The van der Waals surface area contributed by atoms with Crippen LogP contribution in [0.25, 0.3) is 0 Å². The third-order valence-corrected chi connectivity index (χ3v) is 4.02. The monoisotopic (exact) mass is 284 g/mol. The minimum atomic E-state index is -0.106. The highest BCUT2D eigenvalue weighted by molar-refractivity contribution is 7.15. The maximum absolute atomic E-state index is 11.5. The van der Waals surface area contributed by atoms with Gasteiger partial charge in [0.15, 0.2) is 0 Å². The maximum atomic E-state index is 11.5. The highest BCUT2D eigenvalue weighted by Gasteiger charge is 2.29. The third kappa shape index (κ3) is 3.87. The van der Waals surface area contributed by atoms with E-state index in [0.717, 1.165) is 49.2 Å². The van der Waals surface area contributed by atoms with E-state index in [1.165, 1.54) is 7.11 Å². The summed E-state index contributed by atoms with van der Waals surface area (Å²) in [4.78, 5) is 13.7. The topological polar surface area (TPSA) is 67.4 Å². The molecule has 1 aliphatic rings. The zero-order valence-electron chi connectivity index (χ0n) is 11.4. The standard InChI is InChI=1S/C12H20N4O2S/c1-3-5-13-12-15-14-10(19-12)8-16-6-4-9(7-16)11(17)18-2/h9H,3-8H2,1-2H3,(H,13,15). The quantitative estimate of drug-likeness (QED) is 0.796. The molecule has 0 aliphatic carbocycles. The lowest BCUT2D eigenvalue weighted by molar-refractivity contribution is -0.144. The normalized spacial score (nSPS) is 19.6. The fourth-order valence-electron chi connectivity index (χ4n) is 2.15. The largest absolute Gasteiger partial charge is 0.469 e. The van der Waals surface area contributed by atoms with Gasteiger partial charge in [0, 0.05) is 13.1 Å². The summed E-state index contributed by atoms with van der Waals surface area (Å²) in [6.45, 7) is 5.47. The molecule has 0 radical (unpaired) electrons. The summed E-state index contributed by atoms with van der Waals surface area (Å²) in [5.41, 5.74) is 0. The van der Waals surface area contributed by atoms with Crippen LogP contribution >= 0.6 is 11.3 Å². The minimum Gasteiger partial charge on any atom is -0.469 e. The van der Waals surface area contributed by atoms with Crippen molar-refractivity contribution in [1.29, 1.82) is 0 Å². The van der Waals surface area contributed by atoms with E-state index in [4.69, 9.17) is 4.74 Å². The predicted octanol–water partition coefficient (Wildman–Crippen LogP) is 1.35. The molecule has 106 valence electrons. The number of likely N-dealkylation sites (tertiary alicyclic amines) is 1. The first-order chi connectivity index (χ1) is 9.22. The van der Waals surface area contributed by atoms with E-state index in [9.17, 15) is 4.79 Å². The maximum Gasteiger partial charge on any atom is 0.310 e. The van der Waals surface area contributed by atoms with Gasteiger partial charge >= 0.3 is 5.97 Å². The van der Waals surface area contributed by atoms with Crippen LogP contribution in [-0.4, -0.2) is 47.8 Å². The van der Waals surface area contributed by atoms with Crippen LogP contribution in [0.1, 0.15) is 24.8 Å². The van der Waals surface area contributed by atoms with Gasteiger partial charge in [-0.25, -0.2) is 0 Å². The summed E-state index contributed by atoms with van der Waals surface area (Å²) in [5.74, 6) is -0.0966. The Morgan fingerprint density at radius 2 is 2.42 bits per heavy atom. The van der Waals surface area contributed by atoms with Crippen molar-refractivity contribution in [2.75, 3.05) is 32.1 Å². The highest BCUT2D eigenvalue weighted by atomic mass is 32.1. The molecule has 1 fully saturated rings. The summed E-state index contributed by atoms with van der Waals surface area (Å²) in [6.07, 6.45) is 1.94. The second-order valence-corrected chi connectivity index (χ2v) is 5.73. The van der Waals surface area contributed by atoms with Crippen molar-refractivity contribution in [3.05, 3.63) is 5.01 Å². The van der Waals surface area contributed by atoms with Crippen molar-refractivity contribution in [2.24, 2.45) is 5.92 Å². The average Bonchev–Trinajstić information content (AvgIpc) is 3.05. The number of nitrogens with one attached hydrogen (secondary N) is 1. The summed E-state index contributed by atoms with van der Waals surface area (Å²) < 4.78 is 4.78. The first-order valence-corrected chi connectivity index (χ1v) is 7.41. The molecule has 19 heavy (non-hydrogen) atoms. The molecule has 1 saturated heterocycles. The number of rotatable bonds is 6. The molecular formula is C12H20N4O2S. The van der Waals surface area contributed by atoms with Crippen LogP contribution in [0.5, 0.6) is 0 Å². The zero-order valence-corrected chi connectivity index (χ0v) is 12.2. The molecule has 1 unspecified atom stereocenters. The van der Waals surface area contributed by atoms with Crippen LogP contribution in [0.4, 0.5) is 5.13 Å². The first-order valence-electron chi connectivity index (χ1n) is 6.59. The summed E-state index contributed by atoms with van der Waals surface area (Å²) in [6, 6.07) is 0. The molecule has 0 spiro atoms. The number of hydrogen-bond donors (Lipinski definition) is 1. The van der Waals surface area contributed by atoms with Crippen LogP contribution in [0.15, 0.2) is 0 Å². The Morgan fingerprint density at radius 1 is 1.58 bits per heavy atom. The Kier molecular flexibility index (Phi) is 5.09. The van der Waals surface area contributed by atoms with E-state index < -0.39 is 0 Å². The molecule has 0 bridgehead atoms. The molecular weight excluding hydrogens is 264 g/mol. The van der Waals surface area contributed by atoms with Crippen molar-refractivity contribution < 1.29 is 9.53 Å². The molecule has 1 aromatic rings. The molecule has 0 amide bonds. The second kappa shape index (κ2) is 6.81.